The van der Waals surface area contributed by atoms with Gasteiger partial charge in [-0.3, -0.25) is 4.79 Å². The monoisotopic (exact) mass is 508 g/mol. The maximum atomic E-state index is 12.3. The third kappa shape index (κ3) is 7.09. The minimum atomic E-state index is -0.756. The lowest BCUT2D eigenvalue weighted by molar-refractivity contribution is -0.143. The Morgan fingerprint density at radius 2 is 2.09 bits per heavy atom. The zero-order valence-corrected chi connectivity index (χ0v) is 21.6. The molecule has 0 bridgehead atoms. The van der Waals surface area contributed by atoms with E-state index < -0.39 is 5.97 Å². The summed E-state index contributed by atoms with van der Waals surface area (Å²) in [5, 5.41) is 9.31. The van der Waals surface area contributed by atoms with Crippen molar-refractivity contribution < 1.29 is 24.2 Å². The number of carboxylic acids is 1. The Morgan fingerprint density at radius 1 is 1.29 bits per heavy atom. The summed E-state index contributed by atoms with van der Waals surface area (Å²) in [6.07, 6.45) is 5.54. The lowest BCUT2D eigenvalue weighted by Gasteiger charge is -2.27. The van der Waals surface area contributed by atoms with Gasteiger partial charge < -0.3 is 19.5 Å². The second-order valence-electron chi connectivity index (χ2n) is 8.81. The van der Waals surface area contributed by atoms with Crippen molar-refractivity contribution in [3.63, 3.8) is 0 Å². The molecule has 7 nitrogen and oxygen atoms in total. The van der Waals surface area contributed by atoms with Crippen LogP contribution in [-0.4, -0.2) is 46.7 Å². The van der Waals surface area contributed by atoms with E-state index in [0.717, 1.165) is 53.9 Å². The summed E-state index contributed by atoms with van der Waals surface area (Å²) in [4.78, 5) is 30.8. The fourth-order valence-electron chi connectivity index (χ4n) is 4.11. The fourth-order valence-corrected chi connectivity index (χ4v) is 5.34. The smallest absolute Gasteiger partial charge is 0.409 e. The van der Waals surface area contributed by atoms with Crippen LogP contribution in [0.2, 0.25) is 4.34 Å². The van der Waals surface area contributed by atoms with Crippen LogP contribution in [0.1, 0.15) is 63.1 Å². The van der Waals surface area contributed by atoms with Crippen molar-refractivity contribution in [3.8, 4) is 16.3 Å². The van der Waals surface area contributed by atoms with Crippen molar-refractivity contribution >= 4 is 35.0 Å². The summed E-state index contributed by atoms with van der Waals surface area (Å²) in [7, 11) is 1.74. The van der Waals surface area contributed by atoms with Gasteiger partial charge in [0.25, 0.3) is 0 Å². The Morgan fingerprint density at radius 3 is 2.79 bits per heavy atom. The van der Waals surface area contributed by atoms with Crippen LogP contribution in [0.4, 0.5) is 4.79 Å². The number of hydrogen-bond acceptors (Lipinski definition) is 6. The van der Waals surface area contributed by atoms with E-state index in [1.807, 2.05) is 19.1 Å². The summed E-state index contributed by atoms with van der Waals surface area (Å²) in [5.41, 5.74) is 2.26. The topological polar surface area (TPSA) is 89.0 Å². The highest BCUT2D eigenvalue weighted by Crippen LogP contribution is 2.37. The molecule has 186 valence electrons. The largest absolute Gasteiger partial charge is 0.489 e. The highest BCUT2D eigenvalue weighted by atomic mass is 35.5. The molecule has 1 aliphatic carbocycles. The first-order chi connectivity index (χ1) is 16.3. The molecule has 1 aliphatic rings. The predicted octanol–water partition coefficient (Wildman–Crippen LogP) is 6.55. The third-order valence-electron chi connectivity index (χ3n) is 6.08. The quantitative estimate of drug-likeness (QED) is 0.366. The number of aliphatic carboxylic acids is 1. The van der Waals surface area contributed by atoms with E-state index in [2.05, 4.69) is 6.92 Å². The second-order valence-corrected chi connectivity index (χ2v) is 10.5. The highest BCUT2D eigenvalue weighted by molar-refractivity contribution is 7.19. The molecule has 0 spiro atoms. The van der Waals surface area contributed by atoms with E-state index in [9.17, 15) is 14.7 Å². The van der Waals surface area contributed by atoms with E-state index in [-0.39, 0.29) is 24.7 Å². The van der Waals surface area contributed by atoms with Crippen LogP contribution in [0.15, 0.2) is 18.2 Å². The minimum absolute atomic E-state index is 0.118. The van der Waals surface area contributed by atoms with Crippen molar-refractivity contribution in [2.45, 2.75) is 71.5 Å². The van der Waals surface area contributed by atoms with Crippen LogP contribution < -0.4 is 4.74 Å². The van der Waals surface area contributed by atoms with Crippen LogP contribution in [0.25, 0.3) is 10.6 Å². The van der Waals surface area contributed by atoms with Crippen LogP contribution in [0, 0.1) is 12.8 Å². The van der Waals surface area contributed by atoms with Gasteiger partial charge in [-0.1, -0.05) is 31.4 Å². The first-order valence-electron chi connectivity index (χ1n) is 11.8. The predicted molar refractivity (Wildman–Crippen MR) is 134 cm³/mol. The zero-order valence-electron chi connectivity index (χ0n) is 20.0. The molecule has 1 N–H and O–H groups in total. The number of carbonyl (C=O) groups excluding carboxylic acids is 1. The van der Waals surface area contributed by atoms with Gasteiger partial charge >= 0.3 is 12.1 Å². The summed E-state index contributed by atoms with van der Waals surface area (Å²) in [6, 6.07) is 5.54. The molecule has 2 atom stereocenters. The molecule has 2 heterocycles. The number of carbonyl (C=O) groups is 2. The van der Waals surface area contributed by atoms with Crippen molar-refractivity contribution in [3.05, 3.63) is 33.8 Å². The number of pyridine rings is 1. The van der Waals surface area contributed by atoms with Gasteiger partial charge in [0, 0.05) is 19.2 Å². The van der Waals surface area contributed by atoms with Crippen LogP contribution in [0.5, 0.6) is 5.75 Å². The Bertz CT molecular complexity index is 996. The van der Waals surface area contributed by atoms with Gasteiger partial charge in [0.15, 0.2) is 0 Å². The van der Waals surface area contributed by atoms with Gasteiger partial charge in [-0.2, -0.15) is 0 Å². The highest BCUT2D eigenvalue weighted by Gasteiger charge is 2.28. The number of amides is 1. The van der Waals surface area contributed by atoms with Gasteiger partial charge in [0.05, 0.1) is 32.6 Å². The zero-order chi connectivity index (χ0) is 24.7. The first-order valence-corrected chi connectivity index (χ1v) is 13.0. The molecule has 3 rings (SSSR count). The molecule has 34 heavy (non-hydrogen) atoms. The maximum absolute atomic E-state index is 12.3. The molecule has 1 fully saturated rings. The molecule has 1 saturated carbocycles. The molecule has 2 aromatic rings. The van der Waals surface area contributed by atoms with Crippen molar-refractivity contribution in [2.24, 2.45) is 5.92 Å². The maximum Gasteiger partial charge on any atom is 0.409 e. The van der Waals surface area contributed by atoms with Gasteiger partial charge in [-0.25, -0.2) is 9.78 Å². The number of aromatic nitrogens is 1. The average Bonchev–Trinajstić information content (AvgIpc) is 3.19. The number of hydrogen-bond donors (Lipinski definition) is 1. The van der Waals surface area contributed by atoms with Gasteiger partial charge in [0.1, 0.15) is 12.4 Å². The standard InChI is InChI=1S/C25H33ClN2O5S/c1-4-5-6-12-28(3)25(31)32-15-18-14-22(26)34-23(18)20-10-11-21(16(2)27-20)33-19-9-7-8-17(13-19)24(29)30/h10-11,14,17,19H,4-9,12-13,15H2,1-3H3,(H,29,30)/t17-,19-/m0/s1. The normalized spacial score (nSPS) is 17.9. The second kappa shape index (κ2) is 12.4. The van der Waals surface area contributed by atoms with E-state index in [4.69, 9.17) is 26.1 Å². The summed E-state index contributed by atoms with van der Waals surface area (Å²) >= 11 is 7.67. The number of thiophene rings is 1. The van der Waals surface area contributed by atoms with E-state index in [0.29, 0.717) is 29.5 Å². The van der Waals surface area contributed by atoms with Gasteiger partial charge in [-0.05, 0) is 57.2 Å². The van der Waals surface area contributed by atoms with Gasteiger partial charge in [-0.15, -0.1) is 11.3 Å². The number of nitrogens with zero attached hydrogens (tertiary/aromatic N) is 2. The van der Waals surface area contributed by atoms with Crippen LogP contribution >= 0.6 is 22.9 Å². The molecule has 0 aromatic carbocycles. The molecule has 2 aromatic heterocycles. The lowest BCUT2D eigenvalue weighted by atomic mass is 9.87. The molecule has 9 heteroatoms. The Balaban J connectivity index is 1.65. The Kier molecular flexibility index (Phi) is 9.59. The average molecular weight is 509 g/mol. The van der Waals surface area contributed by atoms with Crippen molar-refractivity contribution in [1.82, 2.24) is 9.88 Å². The van der Waals surface area contributed by atoms with E-state index in [1.54, 1.807) is 18.0 Å². The number of aryl methyl sites for hydroxylation is 1. The summed E-state index contributed by atoms with van der Waals surface area (Å²) < 4.78 is 12.2. The van der Waals surface area contributed by atoms with Crippen molar-refractivity contribution in [1.29, 1.82) is 0 Å². The fraction of sp³-hybridized carbons (Fsp3) is 0.560. The number of rotatable bonds is 10. The number of unbranched alkanes of at least 4 members (excludes halogenated alkanes) is 2. The molecule has 0 unspecified atom stereocenters. The van der Waals surface area contributed by atoms with Crippen LogP contribution in [-0.2, 0) is 16.1 Å². The summed E-state index contributed by atoms with van der Waals surface area (Å²) in [5.74, 6) is -0.451. The molecular weight excluding hydrogens is 476 g/mol. The lowest BCUT2D eigenvalue weighted by Crippen LogP contribution is -2.29. The Labute approximate surface area is 210 Å². The SMILES string of the molecule is CCCCCN(C)C(=O)OCc1cc(Cl)sc1-c1ccc(O[C@H]2CCC[C@H](C(=O)O)C2)c(C)n1. The number of carboxylic acid groups (broad SMARTS) is 1. The van der Waals surface area contributed by atoms with Gasteiger partial charge in [0.2, 0.25) is 0 Å². The minimum Gasteiger partial charge on any atom is -0.489 e. The van der Waals surface area contributed by atoms with E-state index >= 15 is 0 Å². The first kappa shape index (κ1) is 26.3. The van der Waals surface area contributed by atoms with Crippen LogP contribution in [0.3, 0.4) is 0 Å². The molecular formula is C25H33ClN2O5S. The molecule has 1 amide bonds. The Hall–Kier alpha value is -2.32. The molecule has 0 saturated heterocycles. The summed E-state index contributed by atoms with van der Waals surface area (Å²) in [6.45, 7) is 4.78. The number of halogens is 1. The molecule has 0 radical (unpaired) electrons. The number of ether oxygens (including phenoxy) is 2. The van der Waals surface area contributed by atoms with E-state index in [1.165, 1.54) is 11.3 Å². The molecule has 0 aliphatic heterocycles. The van der Waals surface area contributed by atoms with Crippen molar-refractivity contribution in [2.75, 3.05) is 13.6 Å². The third-order valence-corrected chi connectivity index (χ3v) is 7.41.